The number of rotatable bonds is 9. The number of para-hydroxylation sites is 1. The highest BCUT2D eigenvalue weighted by atomic mass is 32.1. The summed E-state index contributed by atoms with van der Waals surface area (Å²) in [4.78, 5) is 28.0. The quantitative estimate of drug-likeness (QED) is 0.520. The van der Waals surface area contributed by atoms with Gasteiger partial charge in [0, 0.05) is 19.4 Å². The number of hydrogen-bond acceptors (Lipinski definition) is 7. The summed E-state index contributed by atoms with van der Waals surface area (Å²) < 4.78 is 16.3. The van der Waals surface area contributed by atoms with Crippen molar-refractivity contribution in [2.45, 2.75) is 13.5 Å². The lowest BCUT2D eigenvalue weighted by Crippen LogP contribution is -2.18. The van der Waals surface area contributed by atoms with E-state index in [1.807, 2.05) is 0 Å². The van der Waals surface area contributed by atoms with Gasteiger partial charge < -0.3 is 19.2 Å². The minimum Gasteiger partial charge on any atom is -0.490 e. The van der Waals surface area contributed by atoms with Gasteiger partial charge in [-0.15, -0.1) is 11.3 Å². The van der Waals surface area contributed by atoms with Crippen LogP contribution in [0.5, 0.6) is 5.75 Å². The first-order valence-corrected chi connectivity index (χ1v) is 9.76. The van der Waals surface area contributed by atoms with Crippen LogP contribution in [0.15, 0.2) is 46.2 Å². The van der Waals surface area contributed by atoms with Crippen molar-refractivity contribution >= 4 is 28.3 Å². The van der Waals surface area contributed by atoms with Gasteiger partial charge in [0.2, 0.25) is 5.91 Å². The van der Waals surface area contributed by atoms with Gasteiger partial charge in [0.1, 0.15) is 23.8 Å². The Kier molecular flexibility index (Phi) is 6.99. The summed E-state index contributed by atoms with van der Waals surface area (Å²) in [7, 11) is 1.59. The Morgan fingerprint density at radius 3 is 2.79 bits per heavy atom. The van der Waals surface area contributed by atoms with E-state index < -0.39 is 0 Å². The zero-order valence-corrected chi connectivity index (χ0v) is 16.9. The van der Waals surface area contributed by atoms with Crippen molar-refractivity contribution in [1.82, 2.24) is 10.3 Å². The molecule has 0 atom stereocenters. The minimum absolute atomic E-state index is 0.131. The first-order chi connectivity index (χ1) is 14.1. The molecule has 0 unspecified atom stereocenters. The minimum atomic E-state index is -0.315. The Hall–Kier alpha value is -3.17. The van der Waals surface area contributed by atoms with Crippen LogP contribution in [0.25, 0.3) is 11.5 Å². The molecule has 1 aromatic carbocycles. The third kappa shape index (κ3) is 5.66. The monoisotopic (exact) mass is 415 g/mol. The number of hydrogen-bond donors (Lipinski definition) is 2. The topological polar surface area (TPSA) is 103 Å². The number of nitrogens with one attached hydrogen (secondary N) is 2. The number of aromatic nitrogens is 1. The smallest absolute Gasteiger partial charge is 0.261 e. The van der Waals surface area contributed by atoms with Gasteiger partial charge in [-0.3, -0.25) is 14.9 Å². The number of carbonyl (C=O) groups is 2. The Balaban J connectivity index is 1.66. The number of nitrogens with zero attached hydrogens (tertiary/aromatic N) is 1. The van der Waals surface area contributed by atoms with Crippen molar-refractivity contribution < 1.29 is 23.5 Å². The van der Waals surface area contributed by atoms with Gasteiger partial charge >= 0.3 is 0 Å². The normalized spacial score (nSPS) is 10.6. The molecule has 9 heteroatoms. The molecule has 2 N–H and O–H groups in total. The van der Waals surface area contributed by atoms with Crippen LogP contribution >= 0.6 is 11.3 Å². The predicted octanol–water partition coefficient (Wildman–Crippen LogP) is 3.32. The lowest BCUT2D eigenvalue weighted by atomic mass is 10.2. The molecular weight excluding hydrogens is 394 g/mol. The molecule has 0 aliphatic rings. The van der Waals surface area contributed by atoms with E-state index in [1.54, 1.807) is 48.9 Å². The van der Waals surface area contributed by atoms with Gasteiger partial charge in [-0.1, -0.05) is 12.1 Å². The predicted molar refractivity (Wildman–Crippen MR) is 109 cm³/mol. The fourth-order valence-corrected chi connectivity index (χ4v) is 3.14. The summed E-state index contributed by atoms with van der Waals surface area (Å²) in [5, 5.41) is 7.69. The van der Waals surface area contributed by atoms with Crippen molar-refractivity contribution in [1.29, 1.82) is 0 Å². The van der Waals surface area contributed by atoms with Crippen LogP contribution in [-0.2, 0) is 16.1 Å². The van der Waals surface area contributed by atoms with Crippen LogP contribution in [0.3, 0.4) is 0 Å². The van der Waals surface area contributed by atoms with Gasteiger partial charge in [-0.25, -0.2) is 4.98 Å². The van der Waals surface area contributed by atoms with E-state index in [2.05, 4.69) is 15.6 Å². The number of thiazole rings is 1. The van der Waals surface area contributed by atoms with E-state index in [0.29, 0.717) is 53.4 Å². The maximum atomic E-state index is 12.6. The first-order valence-electron chi connectivity index (χ1n) is 8.88. The molecule has 0 fully saturated rings. The molecule has 3 aromatic rings. The van der Waals surface area contributed by atoms with Crippen LogP contribution in [0.4, 0.5) is 5.13 Å². The lowest BCUT2D eigenvalue weighted by molar-refractivity contribution is -0.119. The molecule has 0 spiro atoms. The fraction of sp³-hybridized carbons (Fsp3) is 0.250. The highest BCUT2D eigenvalue weighted by Crippen LogP contribution is 2.27. The molecule has 0 aliphatic heterocycles. The van der Waals surface area contributed by atoms with Crippen LogP contribution in [-0.4, -0.2) is 37.1 Å². The molecule has 152 valence electrons. The Morgan fingerprint density at radius 1 is 1.17 bits per heavy atom. The number of anilines is 1. The Bertz CT molecular complexity index is 982. The maximum absolute atomic E-state index is 12.6. The number of methoxy groups -OCH3 is 1. The number of ether oxygens (including phenoxy) is 2. The summed E-state index contributed by atoms with van der Waals surface area (Å²) in [5.41, 5.74) is 1.01. The SMILES string of the molecule is COCCOc1ccccc1C(=O)Nc1nc(-c2ccc(CNC(C)=O)o2)cs1. The number of benzene rings is 1. The average molecular weight is 415 g/mol. The Morgan fingerprint density at radius 2 is 2.00 bits per heavy atom. The van der Waals surface area contributed by atoms with Gasteiger partial charge in [0.05, 0.1) is 18.7 Å². The van der Waals surface area contributed by atoms with E-state index >= 15 is 0 Å². The standard InChI is InChI=1S/C20H21N3O5S/c1-13(24)21-11-14-7-8-18(28-14)16-12-29-20(22-16)23-19(25)15-5-3-4-6-17(15)27-10-9-26-2/h3-8,12H,9-11H2,1-2H3,(H,21,24)(H,22,23,25). The molecule has 0 radical (unpaired) electrons. The van der Waals surface area contributed by atoms with Crippen LogP contribution < -0.4 is 15.4 Å². The summed E-state index contributed by atoms with van der Waals surface area (Å²) in [5.74, 6) is 1.21. The van der Waals surface area contributed by atoms with E-state index in [9.17, 15) is 9.59 Å². The van der Waals surface area contributed by atoms with Gasteiger partial charge in [0.15, 0.2) is 10.9 Å². The third-order valence-electron chi connectivity index (χ3n) is 3.83. The van der Waals surface area contributed by atoms with E-state index in [1.165, 1.54) is 18.3 Å². The molecule has 0 bridgehead atoms. The molecule has 2 aromatic heterocycles. The van der Waals surface area contributed by atoms with Crippen molar-refractivity contribution in [3.05, 3.63) is 53.1 Å². The van der Waals surface area contributed by atoms with Crippen molar-refractivity contribution in [2.24, 2.45) is 0 Å². The van der Waals surface area contributed by atoms with Gasteiger partial charge in [0.25, 0.3) is 5.91 Å². The van der Waals surface area contributed by atoms with Crippen LogP contribution in [0.2, 0.25) is 0 Å². The highest BCUT2D eigenvalue weighted by molar-refractivity contribution is 7.14. The summed E-state index contributed by atoms with van der Waals surface area (Å²) in [6, 6.07) is 10.5. The second-order valence-electron chi connectivity index (χ2n) is 6.01. The molecule has 0 saturated heterocycles. The number of furan rings is 1. The summed E-state index contributed by atoms with van der Waals surface area (Å²) in [6.45, 7) is 2.53. The van der Waals surface area contributed by atoms with Crippen molar-refractivity contribution in [2.75, 3.05) is 25.6 Å². The summed E-state index contributed by atoms with van der Waals surface area (Å²) >= 11 is 1.29. The maximum Gasteiger partial charge on any atom is 0.261 e. The molecule has 0 saturated carbocycles. The molecule has 29 heavy (non-hydrogen) atoms. The number of carbonyl (C=O) groups excluding carboxylic acids is 2. The molecule has 2 heterocycles. The van der Waals surface area contributed by atoms with Gasteiger partial charge in [-0.2, -0.15) is 0 Å². The van der Waals surface area contributed by atoms with Crippen LogP contribution in [0, 0.1) is 0 Å². The largest absolute Gasteiger partial charge is 0.490 e. The molecule has 0 aliphatic carbocycles. The third-order valence-corrected chi connectivity index (χ3v) is 4.58. The van der Waals surface area contributed by atoms with E-state index in [-0.39, 0.29) is 11.8 Å². The Labute approximate surface area is 171 Å². The zero-order valence-electron chi connectivity index (χ0n) is 16.1. The highest BCUT2D eigenvalue weighted by Gasteiger charge is 2.15. The van der Waals surface area contributed by atoms with Crippen molar-refractivity contribution in [3.8, 4) is 17.2 Å². The first kappa shape index (κ1) is 20.6. The average Bonchev–Trinajstić information content (AvgIpc) is 3.36. The second kappa shape index (κ2) is 9.85. The molecule has 8 nitrogen and oxygen atoms in total. The summed E-state index contributed by atoms with van der Waals surface area (Å²) in [6.07, 6.45) is 0. The molecule has 3 rings (SSSR count). The zero-order chi connectivity index (χ0) is 20.6. The lowest BCUT2D eigenvalue weighted by Gasteiger charge is -2.10. The molecular formula is C20H21N3O5S. The van der Waals surface area contributed by atoms with E-state index in [0.717, 1.165) is 0 Å². The van der Waals surface area contributed by atoms with Gasteiger partial charge in [-0.05, 0) is 24.3 Å². The van der Waals surface area contributed by atoms with Crippen molar-refractivity contribution in [3.63, 3.8) is 0 Å². The van der Waals surface area contributed by atoms with E-state index in [4.69, 9.17) is 13.9 Å². The second-order valence-corrected chi connectivity index (χ2v) is 6.86. The fourth-order valence-electron chi connectivity index (χ4n) is 2.45. The van der Waals surface area contributed by atoms with Crippen LogP contribution in [0.1, 0.15) is 23.0 Å². The molecule has 2 amide bonds. The number of amides is 2.